The van der Waals surface area contributed by atoms with Gasteiger partial charge in [0.15, 0.2) is 5.69 Å². The first kappa shape index (κ1) is 13.9. The van der Waals surface area contributed by atoms with Crippen molar-refractivity contribution in [3.8, 4) is 5.69 Å². The second-order valence-corrected chi connectivity index (χ2v) is 5.05. The summed E-state index contributed by atoms with van der Waals surface area (Å²) in [5.74, 6) is -0.0885. The first-order valence-corrected chi connectivity index (χ1v) is 6.73. The van der Waals surface area contributed by atoms with Crippen LogP contribution in [-0.2, 0) is 0 Å². The van der Waals surface area contributed by atoms with Gasteiger partial charge in [0.2, 0.25) is 5.43 Å². The van der Waals surface area contributed by atoms with E-state index in [9.17, 15) is 9.59 Å². The molecule has 0 aliphatic carbocycles. The first-order chi connectivity index (χ1) is 10.6. The number of aliphatic imine (C=N–C) groups is 1. The maximum atomic E-state index is 12.0. The fourth-order valence-electron chi connectivity index (χ4n) is 2.06. The van der Waals surface area contributed by atoms with Crippen molar-refractivity contribution in [1.29, 1.82) is 0 Å². The molecule has 2 heterocycles. The summed E-state index contributed by atoms with van der Waals surface area (Å²) in [5, 5.41) is 4.31. The predicted molar refractivity (Wildman–Crippen MR) is 84.3 cm³/mol. The number of amides is 1. The lowest BCUT2D eigenvalue weighted by Crippen LogP contribution is -2.22. The quantitative estimate of drug-likeness (QED) is 0.858. The van der Waals surface area contributed by atoms with Crippen LogP contribution < -0.4 is 5.43 Å². The van der Waals surface area contributed by atoms with Gasteiger partial charge in [-0.1, -0.05) is 6.07 Å². The number of rotatable bonds is 3. The minimum Gasteiger partial charge on any atom is -0.345 e. The maximum Gasteiger partial charge on any atom is 0.253 e. The molecule has 0 fully saturated rings. The summed E-state index contributed by atoms with van der Waals surface area (Å²) in [6.45, 7) is 0. The highest BCUT2D eigenvalue weighted by Crippen LogP contribution is 2.15. The van der Waals surface area contributed by atoms with Crippen molar-refractivity contribution in [1.82, 2.24) is 14.7 Å². The van der Waals surface area contributed by atoms with Crippen LogP contribution in [0, 0.1) is 0 Å². The van der Waals surface area contributed by atoms with E-state index in [-0.39, 0.29) is 11.3 Å². The highest BCUT2D eigenvalue weighted by Gasteiger charge is 2.13. The zero-order valence-corrected chi connectivity index (χ0v) is 12.2. The number of hydrogen-bond donors (Lipinski definition) is 0. The molecule has 22 heavy (non-hydrogen) atoms. The highest BCUT2D eigenvalue weighted by atomic mass is 16.2. The van der Waals surface area contributed by atoms with Gasteiger partial charge in [-0.3, -0.25) is 14.6 Å². The smallest absolute Gasteiger partial charge is 0.253 e. The van der Waals surface area contributed by atoms with E-state index in [0.717, 1.165) is 0 Å². The van der Waals surface area contributed by atoms with Gasteiger partial charge in [0.1, 0.15) is 0 Å². The van der Waals surface area contributed by atoms with Crippen LogP contribution in [0.5, 0.6) is 0 Å². The van der Waals surface area contributed by atoms with E-state index < -0.39 is 0 Å². The van der Waals surface area contributed by atoms with Crippen LogP contribution in [-0.4, -0.2) is 40.9 Å². The highest BCUT2D eigenvalue weighted by molar-refractivity contribution is 5.95. The average Bonchev–Trinajstić information content (AvgIpc) is 2.47. The molecular weight excluding hydrogens is 280 g/mol. The molecule has 0 radical (unpaired) electrons. The topological polar surface area (TPSA) is 67.6 Å². The third-order valence-electron chi connectivity index (χ3n) is 3.26. The number of carbonyl (C=O) groups excluding carboxylic acids is 1. The van der Waals surface area contributed by atoms with Gasteiger partial charge < -0.3 is 4.90 Å². The molecule has 2 aromatic rings. The molecule has 1 amide bonds. The van der Waals surface area contributed by atoms with Crippen molar-refractivity contribution in [3.63, 3.8) is 0 Å². The third-order valence-corrected chi connectivity index (χ3v) is 3.26. The van der Waals surface area contributed by atoms with E-state index in [2.05, 4.69) is 10.1 Å². The average molecular weight is 294 g/mol. The molecule has 0 saturated carbocycles. The molecule has 1 aliphatic heterocycles. The summed E-state index contributed by atoms with van der Waals surface area (Å²) >= 11 is 0. The van der Waals surface area contributed by atoms with E-state index in [1.165, 1.54) is 11.0 Å². The molecule has 0 N–H and O–H groups in total. The molecule has 1 aliphatic rings. The van der Waals surface area contributed by atoms with Crippen molar-refractivity contribution in [2.45, 2.75) is 0 Å². The lowest BCUT2D eigenvalue weighted by atomic mass is 10.2. The van der Waals surface area contributed by atoms with Crippen molar-refractivity contribution >= 4 is 17.8 Å². The molecule has 0 unspecified atom stereocenters. The van der Waals surface area contributed by atoms with E-state index in [0.29, 0.717) is 22.6 Å². The fourth-order valence-corrected chi connectivity index (χ4v) is 2.06. The Morgan fingerprint density at radius 3 is 2.64 bits per heavy atom. The zero-order chi connectivity index (χ0) is 15.7. The maximum absolute atomic E-state index is 12.0. The number of carbonyl (C=O) groups is 1. The second-order valence-electron chi connectivity index (χ2n) is 5.05. The number of allylic oxidation sites excluding steroid dienone is 1. The second kappa shape index (κ2) is 5.40. The molecular formula is C16H14N4O2. The Kier molecular flexibility index (Phi) is 3.42. The predicted octanol–water partition coefficient (Wildman–Crippen LogP) is 1.36. The summed E-state index contributed by atoms with van der Waals surface area (Å²) < 4.78 is 1.57. The normalized spacial score (nSPS) is 12.5. The minimum atomic E-state index is -0.181. The summed E-state index contributed by atoms with van der Waals surface area (Å²) in [7, 11) is 3.40. The van der Waals surface area contributed by atoms with Gasteiger partial charge in [0, 0.05) is 38.1 Å². The number of benzene rings is 1. The number of aromatic nitrogens is 2. The van der Waals surface area contributed by atoms with E-state index in [1.807, 2.05) is 6.07 Å². The van der Waals surface area contributed by atoms with Gasteiger partial charge >= 0.3 is 0 Å². The molecule has 3 rings (SSSR count). The van der Waals surface area contributed by atoms with Crippen LogP contribution in [0.25, 0.3) is 11.4 Å². The van der Waals surface area contributed by atoms with E-state index in [1.54, 1.807) is 55.5 Å². The van der Waals surface area contributed by atoms with Gasteiger partial charge in [0.05, 0.1) is 11.4 Å². The van der Waals surface area contributed by atoms with Crippen molar-refractivity contribution in [2.75, 3.05) is 14.1 Å². The fraction of sp³-hybridized carbons (Fsp3) is 0.125. The third kappa shape index (κ3) is 2.46. The lowest BCUT2D eigenvalue weighted by molar-refractivity contribution is 0.0827. The monoisotopic (exact) mass is 294 g/mol. The Morgan fingerprint density at radius 1 is 1.23 bits per heavy atom. The van der Waals surface area contributed by atoms with Gasteiger partial charge in [-0.2, -0.15) is 5.10 Å². The van der Waals surface area contributed by atoms with Crippen LogP contribution in [0.1, 0.15) is 16.1 Å². The largest absolute Gasteiger partial charge is 0.345 e. The zero-order valence-electron chi connectivity index (χ0n) is 12.2. The number of hydrogen-bond acceptors (Lipinski definition) is 4. The van der Waals surface area contributed by atoms with Gasteiger partial charge in [-0.15, -0.1) is 0 Å². The van der Waals surface area contributed by atoms with Crippen molar-refractivity contribution in [3.05, 3.63) is 64.1 Å². The SMILES string of the molecule is CN(C)C(=O)c1cccc(-n2ccc(=O)c(C3=CC=N3)n2)c1. The van der Waals surface area contributed by atoms with Crippen molar-refractivity contribution < 1.29 is 4.79 Å². The van der Waals surface area contributed by atoms with Crippen molar-refractivity contribution in [2.24, 2.45) is 4.99 Å². The Labute approximate surface area is 127 Å². The molecule has 0 saturated heterocycles. The number of nitrogens with zero attached hydrogens (tertiary/aromatic N) is 4. The van der Waals surface area contributed by atoms with Crippen LogP contribution in [0.2, 0.25) is 0 Å². The lowest BCUT2D eigenvalue weighted by Gasteiger charge is -2.13. The summed E-state index contributed by atoms with van der Waals surface area (Å²) in [5.41, 5.74) is 1.96. The minimum absolute atomic E-state index is 0.0885. The van der Waals surface area contributed by atoms with Crippen LogP contribution >= 0.6 is 0 Å². The van der Waals surface area contributed by atoms with Gasteiger partial charge in [-0.05, 0) is 24.3 Å². The molecule has 6 nitrogen and oxygen atoms in total. The molecule has 0 atom stereocenters. The van der Waals surface area contributed by atoms with E-state index in [4.69, 9.17) is 0 Å². The summed E-state index contributed by atoms with van der Waals surface area (Å²) in [6.07, 6.45) is 4.93. The summed E-state index contributed by atoms with van der Waals surface area (Å²) in [6, 6.07) is 8.53. The Balaban J connectivity index is 2.03. The molecule has 0 spiro atoms. The van der Waals surface area contributed by atoms with Gasteiger partial charge in [0.25, 0.3) is 5.91 Å². The molecule has 6 heteroatoms. The summed E-state index contributed by atoms with van der Waals surface area (Å²) in [4.78, 5) is 29.4. The molecule has 110 valence electrons. The molecule has 0 bridgehead atoms. The molecule has 1 aromatic carbocycles. The van der Waals surface area contributed by atoms with E-state index >= 15 is 0 Å². The Morgan fingerprint density at radius 2 is 2.00 bits per heavy atom. The van der Waals surface area contributed by atoms with Gasteiger partial charge in [-0.25, -0.2) is 4.68 Å². The van der Waals surface area contributed by atoms with Crippen LogP contribution in [0.4, 0.5) is 0 Å². The van der Waals surface area contributed by atoms with Crippen LogP contribution in [0.15, 0.2) is 52.4 Å². The van der Waals surface area contributed by atoms with Crippen LogP contribution in [0.3, 0.4) is 0 Å². The Bertz CT molecular complexity index is 862. The standard InChI is InChI=1S/C16H14N4O2/c1-19(2)16(22)11-4-3-5-12(10-11)20-9-7-14(21)15(18-20)13-6-8-17-13/h3-10H,1-2H3. The first-order valence-electron chi connectivity index (χ1n) is 6.73. The molecule has 1 aromatic heterocycles. The Hall–Kier alpha value is -3.02.